The quantitative estimate of drug-likeness (QED) is 0.511. The van der Waals surface area contributed by atoms with E-state index in [0.717, 1.165) is 55.4 Å². The van der Waals surface area contributed by atoms with Crippen LogP contribution in [0.4, 0.5) is 0 Å². The molecule has 7 heteroatoms. The van der Waals surface area contributed by atoms with Crippen LogP contribution in [-0.4, -0.2) is 40.3 Å². The van der Waals surface area contributed by atoms with Crippen molar-refractivity contribution in [1.82, 2.24) is 10.6 Å². The molecule has 0 aromatic heterocycles. The smallest absolute Gasteiger partial charge is 0.191 e. The normalized spacial score (nSPS) is 13.7. The lowest BCUT2D eigenvalue weighted by Gasteiger charge is -2.12. The van der Waals surface area contributed by atoms with Gasteiger partial charge in [-0.1, -0.05) is 36.4 Å². The fourth-order valence-electron chi connectivity index (χ4n) is 3.28. The van der Waals surface area contributed by atoms with Gasteiger partial charge in [-0.15, -0.1) is 0 Å². The van der Waals surface area contributed by atoms with Crippen molar-refractivity contribution in [2.45, 2.75) is 32.1 Å². The fourth-order valence-corrected chi connectivity index (χ4v) is 4.07. The molecule has 3 rings (SSSR count). The Kier molecular flexibility index (Phi) is 7.14. The van der Waals surface area contributed by atoms with Gasteiger partial charge >= 0.3 is 0 Å². The van der Waals surface area contributed by atoms with Gasteiger partial charge in [-0.05, 0) is 41.7 Å². The molecule has 0 radical (unpaired) electrons. The van der Waals surface area contributed by atoms with E-state index in [-0.39, 0.29) is 5.75 Å². The Morgan fingerprint density at radius 2 is 1.79 bits per heavy atom. The molecular weight excluding hydrogens is 386 g/mol. The van der Waals surface area contributed by atoms with Crippen LogP contribution >= 0.6 is 0 Å². The Morgan fingerprint density at radius 1 is 1.07 bits per heavy atom. The van der Waals surface area contributed by atoms with Crippen molar-refractivity contribution in [1.29, 1.82) is 0 Å². The van der Waals surface area contributed by atoms with Crippen LogP contribution in [0.1, 0.15) is 29.2 Å². The molecule has 6 nitrogen and oxygen atoms in total. The average Bonchev–Trinajstić information content (AvgIpc) is 3.14. The van der Waals surface area contributed by atoms with Crippen LogP contribution in [0, 0.1) is 0 Å². The monoisotopic (exact) mass is 415 g/mol. The molecule has 0 amide bonds. The second-order valence-electron chi connectivity index (χ2n) is 7.30. The van der Waals surface area contributed by atoms with Gasteiger partial charge in [0.25, 0.3) is 0 Å². The number of hydrogen-bond donors (Lipinski definition) is 2. The van der Waals surface area contributed by atoms with E-state index >= 15 is 0 Å². The Labute approximate surface area is 173 Å². The zero-order valence-electron chi connectivity index (χ0n) is 17.1. The van der Waals surface area contributed by atoms with Crippen LogP contribution in [-0.2, 0) is 35.0 Å². The number of ether oxygens (including phenoxy) is 1. The maximum Gasteiger partial charge on any atom is 0.191 e. The van der Waals surface area contributed by atoms with Crippen LogP contribution in [0.5, 0.6) is 5.75 Å². The van der Waals surface area contributed by atoms with Crippen molar-refractivity contribution >= 4 is 15.8 Å². The number of aliphatic imine (C=N–C) groups is 1. The van der Waals surface area contributed by atoms with E-state index in [1.807, 2.05) is 31.2 Å². The highest BCUT2D eigenvalue weighted by Crippen LogP contribution is 2.25. The lowest BCUT2D eigenvalue weighted by Crippen LogP contribution is -2.38. The zero-order valence-corrected chi connectivity index (χ0v) is 17.9. The van der Waals surface area contributed by atoms with Gasteiger partial charge in [0, 0.05) is 25.8 Å². The molecule has 1 aliphatic rings. The van der Waals surface area contributed by atoms with Crippen LogP contribution in [0.25, 0.3) is 0 Å². The minimum absolute atomic E-state index is 0.0650. The third-order valence-electron chi connectivity index (χ3n) is 4.68. The van der Waals surface area contributed by atoms with Crippen molar-refractivity contribution in [3.8, 4) is 5.75 Å². The largest absolute Gasteiger partial charge is 0.493 e. The summed E-state index contributed by atoms with van der Waals surface area (Å²) < 4.78 is 28.3. The molecule has 2 aromatic carbocycles. The first-order valence-corrected chi connectivity index (χ1v) is 12.0. The molecule has 0 aliphatic carbocycles. The molecule has 0 unspecified atom stereocenters. The lowest BCUT2D eigenvalue weighted by molar-refractivity contribution is 0.357. The Bertz CT molecular complexity index is 954. The van der Waals surface area contributed by atoms with Gasteiger partial charge in [0.05, 0.1) is 18.9 Å². The highest BCUT2D eigenvalue weighted by molar-refractivity contribution is 7.89. The molecule has 29 heavy (non-hydrogen) atoms. The summed E-state index contributed by atoms with van der Waals surface area (Å²) >= 11 is 0. The second-order valence-corrected chi connectivity index (χ2v) is 9.44. The maximum absolute atomic E-state index is 11.4. The second kappa shape index (κ2) is 9.78. The molecule has 1 heterocycles. The van der Waals surface area contributed by atoms with Crippen LogP contribution in [0.3, 0.4) is 0 Å². The summed E-state index contributed by atoms with van der Waals surface area (Å²) in [5, 5.41) is 6.64. The maximum atomic E-state index is 11.4. The zero-order chi connectivity index (χ0) is 20.7. The molecule has 0 fully saturated rings. The van der Waals surface area contributed by atoms with E-state index in [4.69, 9.17) is 4.74 Å². The molecular formula is C22H29N3O3S. The van der Waals surface area contributed by atoms with Gasteiger partial charge in [0.2, 0.25) is 0 Å². The molecule has 0 saturated carbocycles. The summed E-state index contributed by atoms with van der Waals surface area (Å²) in [4.78, 5) is 4.63. The number of hydrogen-bond acceptors (Lipinski definition) is 4. The third-order valence-corrected chi connectivity index (χ3v) is 5.53. The Morgan fingerprint density at radius 3 is 2.52 bits per heavy atom. The first-order chi connectivity index (χ1) is 13.9. The lowest BCUT2D eigenvalue weighted by atomic mass is 10.1. The summed E-state index contributed by atoms with van der Waals surface area (Å²) in [6.45, 7) is 4.93. The number of sulfone groups is 1. The molecule has 0 saturated heterocycles. The third kappa shape index (κ3) is 6.78. The standard InChI is InChI=1S/C22H29N3O3S/c1-3-23-22(24-12-10-17-8-9-21-20(14-17)11-13-28-21)25-15-18-4-6-19(7-5-18)16-29(2,26)27/h4-9,14H,3,10-13,15-16H2,1-2H3,(H2,23,24,25). The highest BCUT2D eigenvalue weighted by Gasteiger charge is 2.11. The molecule has 1 aliphatic heterocycles. The van der Waals surface area contributed by atoms with E-state index in [2.05, 4.69) is 33.8 Å². The van der Waals surface area contributed by atoms with Gasteiger partial charge in [-0.3, -0.25) is 0 Å². The van der Waals surface area contributed by atoms with Gasteiger partial charge in [0.1, 0.15) is 5.75 Å². The predicted molar refractivity (Wildman–Crippen MR) is 117 cm³/mol. The summed E-state index contributed by atoms with van der Waals surface area (Å²) in [5.74, 6) is 1.85. The first-order valence-electron chi connectivity index (χ1n) is 9.95. The van der Waals surface area contributed by atoms with Crippen molar-refractivity contribution in [3.63, 3.8) is 0 Å². The van der Waals surface area contributed by atoms with Crippen molar-refractivity contribution in [2.24, 2.45) is 4.99 Å². The van der Waals surface area contributed by atoms with E-state index in [1.165, 1.54) is 17.4 Å². The topological polar surface area (TPSA) is 79.8 Å². The van der Waals surface area contributed by atoms with E-state index in [1.54, 1.807) is 0 Å². The molecule has 0 atom stereocenters. The van der Waals surface area contributed by atoms with Crippen LogP contribution < -0.4 is 15.4 Å². The van der Waals surface area contributed by atoms with Crippen molar-refractivity contribution < 1.29 is 13.2 Å². The van der Waals surface area contributed by atoms with Crippen LogP contribution in [0.2, 0.25) is 0 Å². The first kappa shape index (κ1) is 21.2. The van der Waals surface area contributed by atoms with Gasteiger partial charge in [0.15, 0.2) is 15.8 Å². The number of benzene rings is 2. The SMILES string of the molecule is CCNC(=NCc1ccc(CS(C)(=O)=O)cc1)NCCc1ccc2c(c1)CCO2. The summed E-state index contributed by atoms with van der Waals surface area (Å²) in [5.41, 5.74) is 4.42. The summed E-state index contributed by atoms with van der Waals surface area (Å²) in [6, 6.07) is 14.0. The minimum atomic E-state index is -3.01. The number of fused-ring (bicyclic) bond motifs is 1. The van der Waals surface area contributed by atoms with Crippen molar-refractivity contribution in [3.05, 3.63) is 64.7 Å². The Hall–Kier alpha value is -2.54. The van der Waals surface area contributed by atoms with Gasteiger partial charge < -0.3 is 15.4 Å². The average molecular weight is 416 g/mol. The molecule has 2 aromatic rings. The predicted octanol–water partition coefficient (Wildman–Crippen LogP) is 2.46. The van der Waals surface area contributed by atoms with Gasteiger partial charge in [-0.25, -0.2) is 13.4 Å². The minimum Gasteiger partial charge on any atom is -0.493 e. The molecule has 156 valence electrons. The van der Waals surface area contributed by atoms with E-state index in [0.29, 0.717) is 6.54 Å². The Balaban J connectivity index is 1.52. The highest BCUT2D eigenvalue weighted by atomic mass is 32.2. The van der Waals surface area contributed by atoms with Crippen molar-refractivity contribution in [2.75, 3.05) is 26.0 Å². The summed E-state index contributed by atoms with van der Waals surface area (Å²) in [7, 11) is -3.01. The number of rotatable bonds is 8. The molecule has 0 bridgehead atoms. The fraction of sp³-hybridized carbons (Fsp3) is 0.409. The van der Waals surface area contributed by atoms with E-state index in [9.17, 15) is 8.42 Å². The number of guanidine groups is 1. The van der Waals surface area contributed by atoms with Gasteiger partial charge in [-0.2, -0.15) is 0 Å². The van der Waals surface area contributed by atoms with E-state index < -0.39 is 9.84 Å². The van der Waals surface area contributed by atoms with Crippen LogP contribution in [0.15, 0.2) is 47.5 Å². The summed E-state index contributed by atoms with van der Waals surface area (Å²) in [6.07, 6.45) is 3.15. The number of nitrogens with one attached hydrogen (secondary N) is 2. The molecule has 0 spiro atoms. The number of nitrogens with zero attached hydrogens (tertiary/aromatic N) is 1. The molecule has 2 N–H and O–H groups in total.